The van der Waals surface area contributed by atoms with Crippen molar-refractivity contribution in [3.8, 4) is 0 Å². The summed E-state index contributed by atoms with van der Waals surface area (Å²) in [5, 5.41) is 1.78. The van der Waals surface area contributed by atoms with Crippen LogP contribution in [0.5, 0.6) is 0 Å². The van der Waals surface area contributed by atoms with Crippen LogP contribution in [0.25, 0.3) is 10.8 Å². The predicted octanol–water partition coefficient (Wildman–Crippen LogP) is 3.62. The molecule has 0 aromatic heterocycles. The van der Waals surface area contributed by atoms with Crippen molar-refractivity contribution in [2.24, 2.45) is 0 Å². The highest BCUT2D eigenvalue weighted by Gasteiger charge is 2.18. The number of halogens is 1. The number of nitrogens with one attached hydrogen (secondary N) is 1. The molecule has 1 aliphatic rings. The fourth-order valence-corrected chi connectivity index (χ4v) is 4.26. The first-order chi connectivity index (χ1) is 13.0. The van der Waals surface area contributed by atoms with Crippen LogP contribution in [0.1, 0.15) is 0 Å². The number of fused-ring (bicyclic) bond motifs is 1. The van der Waals surface area contributed by atoms with E-state index in [1.807, 2.05) is 29.2 Å². The van der Waals surface area contributed by atoms with Crippen LogP contribution >= 0.6 is 0 Å². The Hall–Kier alpha value is -2.64. The normalized spacial score (nSPS) is 15.1. The average molecular weight is 386 g/mol. The highest BCUT2D eigenvalue weighted by atomic mass is 32.2. The van der Waals surface area contributed by atoms with Crippen LogP contribution in [0.4, 0.5) is 15.8 Å². The van der Waals surface area contributed by atoms with Crippen LogP contribution in [0.2, 0.25) is 0 Å². The Morgan fingerprint density at radius 2 is 1.67 bits per heavy atom. The van der Waals surface area contributed by atoms with Gasteiger partial charge in [-0.25, -0.2) is 12.8 Å². The van der Waals surface area contributed by atoms with E-state index < -0.39 is 15.8 Å². The van der Waals surface area contributed by atoms with E-state index in [4.69, 9.17) is 4.74 Å². The van der Waals surface area contributed by atoms with Gasteiger partial charge in [0, 0.05) is 18.8 Å². The largest absolute Gasteiger partial charge is 0.378 e. The molecule has 0 spiro atoms. The van der Waals surface area contributed by atoms with Crippen LogP contribution in [0.3, 0.4) is 0 Å². The van der Waals surface area contributed by atoms with E-state index >= 15 is 0 Å². The summed E-state index contributed by atoms with van der Waals surface area (Å²) in [6.07, 6.45) is 0. The number of sulfonamides is 1. The van der Waals surface area contributed by atoms with Gasteiger partial charge < -0.3 is 9.64 Å². The lowest BCUT2D eigenvalue weighted by Crippen LogP contribution is -2.36. The van der Waals surface area contributed by atoms with Crippen molar-refractivity contribution < 1.29 is 17.5 Å². The number of ether oxygens (including phenoxy) is 1. The van der Waals surface area contributed by atoms with Crippen molar-refractivity contribution in [3.63, 3.8) is 0 Å². The molecule has 1 N–H and O–H groups in total. The number of nitrogens with zero attached hydrogens (tertiary/aromatic N) is 1. The van der Waals surface area contributed by atoms with Gasteiger partial charge in [0.05, 0.1) is 23.8 Å². The van der Waals surface area contributed by atoms with Crippen molar-refractivity contribution in [2.75, 3.05) is 35.9 Å². The lowest BCUT2D eigenvalue weighted by molar-refractivity contribution is 0.122. The number of benzene rings is 3. The minimum absolute atomic E-state index is 0.137. The van der Waals surface area contributed by atoms with Gasteiger partial charge in [-0.1, -0.05) is 30.3 Å². The SMILES string of the molecule is O=S(=O)(Nc1cc(F)cc(N2CCOCC2)c1)c1ccc2ccccc2c1. The molecule has 0 amide bonds. The van der Waals surface area contributed by atoms with Gasteiger partial charge in [0.1, 0.15) is 5.82 Å². The van der Waals surface area contributed by atoms with Gasteiger partial charge in [-0.05, 0) is 41.1 Å². The van der Waals surface area contributed by atoms with E-state index in [-0.39, 0.29) is 10.6 Å². The van der Waals surface area contributed by atoms with Crippen LogP contribution in [0, 0.1) is 5.82 Å². The zero-order valence-electron chi connectivity index (χ0n) is 14.6. The van der Waals surface area contributed by atoms with Gasteiger partial charge in [-0.15, -0.1) is 0 Å². The van der Waals surface area contributed by atoms with Crippen LogP contribution in [0.15, 0.2) is 65.6 Å². The highest BCUT2D eigenvalue weighted by molar-refractivity contribution is 7.92. The lowest BCUT2D eigenvalue weighted by atomic mass is 10.1. The Labute approximate surface area is 157 Å². The van der Waals surface area contributed by atoms with Crippen LogP contribution in [-0.2, 0) is 14.8 Å². The van der Waals surface area contributed by atoms with Crippen molar-refractivity contribution in [3.05, 3.63) is 66.5 Å². The molecule has 3 aromatic carbocycles. The van der Waals surface area contributed by atoms with Gasteiger partial charge >= 0.3 is 0 Å². The van der Waals surface area contributed by atoms with Crippen LogP contribution in [-0.4, -0.2) is 34.7 Å². The molecule has 3 aromatic rings. The molecule has 0 radical (unpaired) electrons. The van der Waals surface area contributed by atoms with Gasteiger partial charge in [-0.3, -0.25) is 4.72 Å². The summed E-state index contributed by atoms with van der Waals surface area (Å²) in [7, 11) is -3.83. The maximum atomic E-state index is 14.1. The number of hydrogen-bond acceptors (Lipinski definition) is 4. The van der Waals surface area contributed by atoms with Crippen molar-refractivity contribution in [2.45, 2.75) is 4.90 Å². The summed E-state index contributed by atoms with van der Waals surface area (Å²) in [6, 6.07) is 16.7. The smallest absolute Gasteiger partial charge is 0.261 e. The summed E-state index contributed by atoms with van der Waals surface area (Å²) in [4.78, 5) is 2.11. The summed E-state index contributed by atoms with van der Waals surface area (Å²) in [5.74, 6) is -0.491. The van der Waals surface area contributed by atoms with E-state index in [0.29, 0.717) is 32.0 Å². The molecule has 0 bridgehead atoms. The molecule has 0 atom stereocenters. The molecule has 7 heteroatoms. The predicted molar refractivity (Wildman–Crippen MR) is 104 cm³/mol. The minimum Gasteiger partial charge on any atom is -0.378 e. The second-order valence-electron chi connectivity index (χ2n) is 6.41. The molecule has 1 heterocycles. The first-order valence-corrected chi connectivity index (χ1v) is 10.1. The summed E-state index contributed by atoms with van der Waals surface area (Å²) in [6.45, 7) is 2.41. The maximum Gasteiger partial charge on any atom is 0.261 e. The van der Waals surface area contributed by atoms with Crippen molar-refractivity contribution in [1.29, 1.82) is 0 Å². The fraction of sp³-hybridized carbons (Fsp3) is 0.200. The zero-order valence-corrected chi connectivity index (χ0v) is 15.4. The molecule has 0 aliphatic carbocycles. The van der Waals surface area contributed by atoms with Gasteiger partial charge in [-0.2, -0.15) is 0 Å². The fourth-order valence-electron chi connectivity index (χ4n) is 3.19. The van der Waals surface area contributed by atoms with E-state index in [1.54, 1.807) is 24.3 Å². The van der Waals surface area contributed by atoms with Gasteiger partial charge in [0.2, 0.25) is 0 Å². The molecule has 5 nitrogen and oxygen atoms in total. The third-order valence-corrected chi connectivity index (χ3v) is 5.92. The molecular weight excluding hydrogens is 367 g/mol. The average Bonchev–Trinajstić information content (AvgIpc) is 2.67. The monoisotopic (exact) mass is 386 g/mol. The Kier molecular flexibility index (Phi) is 4.72. The Morgan fingerprint density at radius 1 is 0.926 bits per heavy atom. The molecule has 27 heavy (non-hydrogen) atoms. The quantitative estimate of drug-likeness (QED) is 0.744. The molecule has 4 rings (SSSR count). The molecule has 0 unspecified atom stereocenters. The summed E-state index contributed by atoms with van der Waals surface area (Å²) >= 11 is 0. The van der Waals surface area contributed by atoms with Crippen molar-refractivity contribution in [1.82, 2.24) is 0 Å². The van der Waals surface area contributed by atoms with Gasteiger partial charge in [0.15, 0.2) is 0 Å². The van der Waals surface area contributed by atoms with Crippen molar-refractivity contribution >= 4 is 32.2 Å². The molecule has 1 fully saturated rings. The standard InChI is InChI=1S/C20H19FN2O3S/c21-17-12-18(14-19(13-17)23-7-9-26-10-8-23)22-27(24,25)20-6-5-15-3-1-2-4-16(15)11-20/h1-6,11-14,22H,7-10H2. The Morgan fingerprint density at radius 3 is 2.44 bits per heavy atom. The van der Waals surface area contributed by atoms with Gasteiger partial charge in [0.25, 0.3) is 10.0 Å². The number of hydrogen-bond donors (Lipinski definition) is 1. The second-order valence-corrected chi connectivity index (χ2v) is 8.09. The minimum atomic E-state index is -3.83. The molecule has 140 valence electrons. The number of morpholine rings is 1. The summed E-state index contributed by atoms with van der Waals surface area (Å²) < 4.78 is 47.4. The van der Waals surface area contributed by atoms with Crippen LogP contribution < -0.4 is 9.62 Å². The Bertz CT molecular complexity index is 1080. The van der Waals surface area contributed by atoms with E-state index in [2.05, 4.69) is 4.72 Å². The first kappa shape index (κ1) is 17.8. The Balaban J connectivity index is 1.64. The second kappa shape index (κ2) is 7.17. The lowest BCUT2D eigenvalue weighted by Gasteiger charge is -2.29. The molecule has 1 aliphatic heterocycles. The summed E-state index contributed by atoms with van der Waals surface area (Å²) in [5.41, 5.74) is 0.833. The highest BCUT2D eigenvalue weighted by Crippen LogP contribution is 2.26. The molecule has 0 saturated carbocycles. The topological polar surface area (TPSA) is 58.6 Å². The first-order valence-electron chi connectivity index (χ1n) is 8.66. The van der Waals surface area contributed by atoms with E-state index in [9.17, 15) is 12.8 Å². The molecular formula is C20H19FN2O3S. The van der Waals surface area contributed by atoms with E-state index in [1.165, 1.54) is 12.1 Å². The molecule has 1 saturated heterocycles. The third kappa shape index (κ3) is 3.89. The zero-order chi connectivity index (χ0) is 18.9. The van der Waals surface area contributed by atoms with E-state index in [0.717, 1.165) is 10.8 Å². The number of anilines is 2. The number of rotatable bonds is 4. The maximum absolute atomic E-state index is 14.1. The third-order valence-electron chi connectivity index (χ3n) is 4.54.